The fourth-order valence-electron chi connectivity index (χ4n) is 3.05. The first kappa shape index (κ1) is 23.3. The molecule has 0 aliphatic carbocycles. The summed E-state index contributed by atoms with van der Waals surface area (Å²) in [6.45, 7) is 7.18. The van der Waals surface area contributed by atoms with Crippen LogP contribution in [-0.4, -0.2) is 59.4 Å². The second-order valence-corrected chi connectivity index (χ2v) is 7.79. The number of carbonyl (C=O) groups excluding carboxylic acids is 3. The molecule has 5 N–H and O–H groups in total. The van der Waals surface area contributed by atoms with Gasteiger partial charge in [0.25, 0.3) is 5.91 Å². The van der Waals surface area contributed by atoms with Gasteiger partial charge in [-0.05, 0) is 32.4 Å². The molecule has 9 heteroatoms. The summed E-state index contributed by atoms with van der Waals surface area (Å²) in [5, 5.41) is 26.1. The van der Waals surface area contributed by atoms with Crippen molar-refractivity contribution in [2.75, 3.05) is 6.61 Å². The number of phenols is 1. The van der Waals surface area contributed by atoms with Crippen LogP contribution in [0.3, 0.4) is 0 Å². The van der Waals surface area contributed by atoms with Crippen molar-refractivity contribution in [3.05, 3.63) is 29.8 Å². The van der Waals surface area contributed by atoms with Crippen LogP contribution in [0.5, 0.6) is 5.75 Å². The largest absolute Gasteiger partial charge is 0.507 e. The smallest absolute Gasteiger partial charge is 0.255 e. The Balaban J connectivity index is 2.08. The minimum absolute atomic E-state index is 0.0761. The maximum absolute atomic E-state index is 12.9. The van der Waals surface area contributed by atoms with Crippen molar-refractivity contribution in [1.29, 1.82) is 5.41 Å². The van der Waals surface area contributed by atoms with Gasteiger partial charge < -0.3 is 31.2 Å². The fourth-order valence-corrected chi connectivity index (χ4v) is 3.05. The number of aromatic hydroxyl groups is 1. The Hall–Kier alpha value is -2.94. The van der Waals surface area contributed by atoms with E-state index in [4.69, 9.17) is 10.1 Å². The van der Waals surface area contributed by atoms with E-state index in [1.807, 2.05) is 0 Å². The minimum atomic E-state index is -0.850. The quantitative estimate of drug-likeness (QED) is 0.380. The molecule has 1 aliphatic rings. The van der Waals surface area contributed by atoms with E-state index in [0.717, 1.165) is 0 Å². The van der Waals surface area contributed by atoms with Gasteiger partial charge in [-0.2, -0.15) is 0 Å². The van der Waals surface area contributed by atoms with Gasteiger partial charge in [0, 0.05) is 18.2 Å². The molecule has 1 aromatic carbocycles. The van der Waals surface area contributed by atoms with Gasteiger partial charge >= 0.3 is 0 Å². The van der Waals surface area contributed by atoms with Gasteiger partial charge in [0.1, 0.15) is 11.8 Å². The summed E-state index contributed by atoms with van der Waals surface area (Å²) in [5.41, 5.74) is 0.210. The first-order valence-electron chi connectivity index (χ1n) is 9.98. The van der Waals surface area contributed by atoms with E-state index in [1.54, 1.807) is 32.9 Å². The summed E-state index contributed by atoms with van der Waals surface area (Å²) in [6.07, 6.45) is 0.248. The molecular formula is C21H30N4O5. The summed E-state index contributed by atoms with van der Waals surface area (Å²) in [5.74, 6) is -1.72. The predicted octanol–water partition coefficient (Wildman–Crippen LogP) is 0.965. The average Bonchev–Trinajstić information content (AvgIpc) is 2.63. The van der Waals surface area contributed by atoms with Crippen LogP contribution in [0, 0.1) is 11.3 Å². The number of amides is 3. The number of nitrogens with one attached hydrogen (secondary N) is 4. The molecule has 1 fully saturated rings. The van der Waals surface area contributed by atoms with Gasteiger partial charge in [-0.15, -0.1) is 0 Å². The Labute approximate surface area is 176 Å². The third kappa shape index (κ3) is 5.79. The zero-order valence-corrected chi connectivity index (χ0v) is 17.7. The number of benzene rings is 1. The lowest BCUT2D eigenvalue weighted by atomic mass is 10.00. The van der Waals surface area contributed by atoms with E-state index in [9.17, 15) is 19.5 Å². The number of ether oxygens (including phenoxy) is 1. The van der Waals surface area contributed by atoms with Crippen LogP contribution < -0.4 is 16.0 Å². The zero-order chi connectivity index (χ0) is 22.4. The third-order valence-electron chi connectivity index (χ3n) is 4.98. The summed E-state index contributed by atoms with van der Waals surface area (Å²) < 4.78 is 5.40. The molecule has 4 unspecified atom stereocenters. The highest BCUT2D eigenvalue weighted by atomic mass is 16.5. The van der Waals surface area contributed by atoms with E-state index in [0.29, 0.717) is 13.0 Å². The lowest BCUT2D eigenvalue weighted by molar-refractivity contribution is -0.141. The van der Waals surface area contributed by atoms with Crippen LogP contribution in [0.1, 0.15) is 44.5 Å². The molecule has 9 nitrogen and oxygen atoms in total. The van der Waals surface area contributed by atoms with Gasteiger partial charge in [-0.1, -0.05) is 26.0 Å². The highest BCUT2D eigenvalue weighted by Crippen LogP contribution is 2.17. The van der Waals surface area contributed by atoms with Crippen LogP contribution in [0.15, 0.2) is 24.3 Å². The number of carbonyl (C=O) groups is 3. The number of hydrogen-bond donors (Lipinski definition) is 5. The van der Waals surface area contributed by atoms with Gasteiger partial charge in [0.05, 0.1) is 23.8 Å². The first-order valence-corrected chi connectivity index (χ1v) is 9.98. The monoisotopic (exact) mass is 418 g/mol. The van der Waals surface area contributed by atoms with Crippen molar-refractivity contribution in [3.8, 4) is 5.75 Å². The highest BCUT2D eigenvalue weighted by molar-refractivity contribution is 6.00. The second-order valence-electron chi connectivity index (χ2n) is 7.79. The van der Waals surface area contributed by atoms with Gasteiger partial charge in [-0.25, -0.2) is 0 Å². The number of phenolic OH excluding ortho intramolecular Hbond substituents is 1. The normalized spacial score (nSPS) is 18.5. The Morgan fingerprint density at radius 1 is 1.10 bits per heavy atom. The molecule has 1 aromatic rings. The van der Waals surface area contributed by atoms with Gasteiger partial charge in [0.2, 0.25) is 11.8 Å². The SMILES string of the molecule is CC(=N)C(NC(=O)c1ccccc1O)C(C)NC(=O)C(NC(=O)C(C)C)C1CCO1. The fraction of sp³-hybridized carbons (Fsp3) is 0.524. The van der Waals surface area contributed by atoms with Crippen LogP contribution in [0.25, 0.3) is 0 Å². The molecule has 2 rings (SSSR count). The van der Waals surface area contributed by atoms with E-state index < -0.39 is 36.0 Å². The molecule has 0 radical (unpaired) electrons. The molecule has 30 heavy (non-hydrogen) atoms. The van der Waals surface area contributed by atoms with Crippen LogP contribution >= 0.6 is 0 Å². The van der Waals surface area contributed by atoms with Crippen molar-refractivity contribution < 1.29 is 24.2 Å². The summed E-state index contributed by atoms with van der Waals surface area (Å²) in [6, 6.07) is 3.79. The maximum atomic E-state index is 12.9. The summed E-state index contributed by atoms with van der Waals surface area (Å²) in [7, 11) is 0. The number of hydrogen-bond acceptors (Lipinski definition) is 6. The minimum Gasteiger partial charge on any atom is -0.507 e. The van der Waals surface area contributed by atoms with Crippen molar-refractivity contribution in [2.45, 2.75) is 58.3 Å². The van der Waals surface area contributed by atoms with E-state index in [1.165, 1.54) is 19.1 Å². The molecule has 0 spiro atoms. The molecule has 0 bridgehead atoms. The predicted molar refractivity (Wildman–Crippen MR) is 111 cm³/mol. The third-order valence-corrected chi connectivity index (χ3v) is 4.98. The lowest BCUT2D eigenvalue weighted by Gasteiger charge is -2.35. The molecule has 1 heterocycles. The number of para-hydroxylation sites is 1. The number of rotatable bonds is 9. The first-order chi connectivity index (χ1) is 14.1. The topological polar surface area (TPSA) is 141 Å². The van der Waals surface area contributed by atoms with Crippen molar-refractivity contribution in [3.63, 3.8) is 0 Å². The molecule has 4 atom stereocenters. The summed E-state index contributed by atoms with van der Waals surface area (Å²) >= 11 is 0. The average molecular weight is 418 g/mol. The van der Waals surface area contributed by atoms with Crippen molar-refractivity contribution in [1.82, 2.24) is 16.0 Å². The lowest BCUT2D eigenvalue weighted by Crippen LogP contribution is -2.61. The molecular weight excluding hydrogens is 388 g/mol. The molecule has 1 aliphatic heterocycles. The van der Waals surface area contributed by atoms with Crippen LogP contribution in [0.4, 0.5) is 0 Å². The van der Waals surface area contributed by atoms with Crippen LogP contribution in [0.2, 0.25) is 0 Å². The van der Waals surface area contributed by atoms with E-state index in [-0.39, 0.29) is 28.8 Å². The Bertz CT molecular complexity index is 806. The maximum Gasteiger partial charge on any atom is 0.255 e. The standard InChI is InChI=1S/C21H30N4O5/c1-11(2)19(27)25-18(16-9-10-30-16)21(29)23-13(4)17(12(3)22)24-20(28)14-7-5-6-8-15(14)26/h5-8,11,13,16-18,22,26H,9-10H2,1-4H3,(H,23,29)(H,24,28)(H,25,27). The van der Waals surface area contributed by atoms with Gasteiger partial charge in [-0.3, -0.25) is 14.4 Å². The molecule has 1 saturated heterocycles. The Morgan fingerprint density at radius 2 is 1.73 bits per heavy atom. The molecule has 164 valence electrons. The molecule has 3 amide bonds. The van der Waals surface area contributed by atoms with Crippen LogP contribution in [-0.2, 0) is 14.3 Å². The van der Waals surface area contributed by atoms with Crippen molar-refractivity contribution >= 4 is 23.4 Å². The Kier molecular flexibility index (Phi) is 7.93. The highest BCUT2D eigenvalue weighted by Gasteiger charge is 2.37. The van der Waals surface area contributed by atoms with Crippen molar-refractivity contribution in [2.24, 2.45) is 5.92 Å². The molecule has 0 saturated carbocycles. The second kappa shape index (κ2) is 10.2. The van der Waals surface area contributed by atoms with Gasteiger partial charge in [0.15, 0.2) is 0 Å². The Morgan fingerprint density at radius 3 is 2.23 bits per heavy atom. The van der Waals surface area contributed by atoms with E-state index >= 15 is 0 Å². The van der Waals surface area contributed by atoms with E-state index in [2.05, 4.69) is 16.0 Å². The zero-order valence-electron chi connectivity index (χ0n) is 17.7. The summed E-state index contributed by atoms with van der Waals surface area (Å²) in [4.78, 5) is 37.5. The molecule has 0 aromatic heterocycles.